The van der Waals surface area contributed by atoms with Crippen LogP contribution in [-0.4, -0.2) is 24.7 Å². The zero-order valence-corrected chi connectivity index (χ0v) is 15.2. The first-order valence-electron chi connectivity index (χ1n) is 7.18. The molecule has 4 heteroatoms. The van der Waals surface area contributed by atoms with Crippen LogP contribution in [-0.2, 0) is 5.54 Å². The predicted octanol–water partition coefficient (Wildman–Crippen LogP) is 5.75. The predicted molar refractivity (Wildman–Crippen MR) is 96.8 cm³/mol. The van der Waals surface area contributed by atoms with Crippen LogP contribution in [0.2, 0.25) is 5.02 Å². The van der Waals surface area contributed by atoms with Crippen LogP contribution in [0.15, 0.2) is 46.7 Å². The fourth-order valence-corrected chi connectivity index (χ4v) is 4.89. The number of benzene rings is 1. The molecule has 0 aliphatic rings. The third-order valence-corrected chi connectivity index (χ3v) is 6.35. The highest BCUT2D eigenvalue weighted by molar-refractivity contribution is 7.99. The molecule has 1 atom stereocenters. The van der Waals surface area contributed by atoms with Crippen molar-refractivity contribution < 1.29 is 0 Å². The number of hydrogen-bond acceptors (Lipinski definition) is 3. The van der Waals surface area contributed by atoms with Crippen LogP contribution in [0.1, 0.15) is 24.6 Å². The van der Waals surface area contributed by atoms with E-state index >= 15 is 0 Å². The Bertz CT molecular complexity index is 536. The maximum absolute atomic E-state index is 5.94. The largest absolute Gasteiger partial charge is 0.299 e. The number of thioether (sulfide) groups is 1. The van der Waals surface area contributed by atoms with E-state index in [9.17, 15) is 0 Å². The Hall–Kier alpha value is -0.480. The van der Waals surface area contributed by atoms with Crippen LogP contribution >= 0.6 is 34.7 Å². The lowest BCUT2D eigenvalue weighted by atomic mass is 9.89. The highest BCUT2D eigenvalue weighted by Gasteiger charge is 2.33. The summed E-state index contributed by atoms with van der Waals surface area (Å²) in [4.78, 5) is 5.13. The molecule has 0 saturated carbocycles. The monoisotopic (exact) mass is 339 g/mol. The molecule has 0 saturated heterocycles. The minimum Gasteiger partial charge on any atom is -0.299 e. The zero-order valence-electron chi connectivity index (χ0n) is 12.8. The molecule has 0 N–H and O–H groups in total. The van der Waals surface area contributed by atoms with Crippen molar-refractivity contribution in [2.24, 2.45) is 0 Å². The van der Waals surface area contributed by atoms with Crippen molar-refractivity contribution >= 4 is 34.7 Å². The van der Waals surface area contributed by atoms with Gasteiger partial charge in [-0.25, -0.2) is 0 Å². The van der Waals surface area contributed by atoms with Crippen LogP contribution in [0.25, 0.3) is 0 Å². The average molecular weight is 340 g/mol. The van der Waals surface area contributed by atoms with E-state index in [0.29, 0.717) is 0 Å². The van der Waals surface area contributed by atoms with Crippen molar-refractivity contribution in [3.05, 3.63) is 51.7 Å². The average Bonchev–Trinajstić information content (AvgIpc) is 3.00. The quantitative estimate of drug-likeness (QED) is 0.591. The second-order valence-corrected chi connectivity index (χ2v) is 7.86. The SMILES string of the molecule is CCC(CCSc1ccc(Cl)cc1)(c1cccs1)N(C)C. The first-order valence-corrected chi connectivity index (χ1v) is 9.42. The Morgan fingerprint density at radius 3 is 2.43 bits per heavy atom. The van der Waals surface area contributed by atoms with Crippen molar-refractivity contribution in [3.8, 4) is 0 Å². The van der Waals surface area contributed by atoms with Gasteiger partial charge < -0.3 is 0 Å². The summed E-state index contributed by atoms with van der Waals surface area (Å²) in [6.07, 6.45) is 2.27. The first kappa shape index (κ1) is 16.9. The Morgan fingerprint density at radius 2 is 1.90 bits per heavy atom. The normalized spacial score (nSPS) is 14.3. The van der Waals surface area contributed by atoms with Crippen molar-refractivity contribution in [1.82, 2.24) is 4.90 Å². The highest BCUT2D eigenvalue weighted by atomic mass is 35.5. The van der Waals surface area contributed by atoms with E-state index in [1.54, 1.807) is 0 Å². The van der Waals surface area contributed by atoms with E-state index in [1.807, 2.05) is 35.2 Å². The summed E-state index contributed by atoms with van der Waals surface area (Å²) < 4.78 is 0. The maximum Gasteiger partial charge on any atom is 0.0554 e. The van der Waals surface area contributed by atoms with Crippen molar-refractivity contribution in [3.63, 3.8) is 0 Å². The lowest BCUT2D eigenvalue weighted by Crippen LogP contribution is -2.40. The van der Waals surface area contributed by atoms with E-state index in [-0.39, 0.29) is 5.54 Å². The Balaban J connectivity index is 2.04. The van der Waals surface area contributed by atoms with Gasteiger partial charge in [0.05, 0.1) is 5.54 Å². The van der Waals surface area contributed by atoms with Gasteiger partial charge in [-0.1, -0.05) is 24.6 Å². The van der Waals surface area contributed by atoms with Gasteiger partial charge >= 0.3 is 0 Å². The summed E-state index contributed by atoms with van der Waals surface area (Å²) in [5.74, 6) is 1.10. The number of rotatable bonds is 7. The minimum absolute atomic E-state index is 0.146. The smallest absolute Gasteiger partial charge is 0.0554 e. The van der Waals surface area contributed by atoms with Gasteiger partial charge in [0.1, 0.15) is 0 Å². The Kier molecular flexibility index (Phi) is 6.18. The molecular weight excluding hydrogens is 318 g/mol. The molecule has 0 spiro atoms. The van der Waals surface area contributed by atoms with Crippen LogP contribution in [0.4, 0.5) is 0 Å². The van der Waals surface area contributed by atoms with Crippen LogP contribution in [0.3, 0.4) is 0 Å². The Morgan fingerprint density at radius 1 is 1.19 bits per heavy atom. The fraction of sp³-hybridized carbons (Fsp3) is 0.412. The summed E-state index contributed by atoms with van der Waals surface area (Å²) in [5, 5.41) is 2.98. The third-order valence-electron chi connectivity index (χ3n) is 4.02. The van der Waals surface area contributed by atoms with Crippen LogP contribution in [0, 0.1) is 0 Å². The number of hydrogen-bond donors (Lipinski definition) is 0. The molecule has 0 fully saturated rings. The zero-order chi connectivity index (χ0) is 15.3. The number of nitrogens with zero attached hydrogens (tertiary/aromatic N) is 1. The molecular formula is C17H22ClNS2. The fourth-order valence-electron chi connectivity index (χ4n) is 2.65. The topological polar surface area (TPSA) is 3.24 Å². The molecule has 114 valence electrons. The number of halogens is 1. The first-order chi connectivity index (χ1) is 10.1. The summed E-state index contributed by atoms with van der Waals surface area (Å²) >= 11 is 9.70. The van der Waals surface area contributed by atoms with Crippen molar-refractivity contribution in [1.29, 1.82) is 0 Å². The highest BCUT2D eigenvalue weighted by Crippen LogP contribution is 2.38. The lowest BCUT2D eigenvalue weighted by Gasteiger charge is -2.38. The van der Waals surface area contributed by atoms with Gasteiger partial charge in [-0.15, -0.1) is 23.1 Å². The molecule has 1 heterocycles. The van der Waals surface area contributed by atoms with E-state index in [4.69, 9.17) is 11.6 Å². The van der Waals surface area contributed by atoms with Gasteiger partial charge in [-0.2, -0.15) is 0 Å². The van der Waals surface area contributed by atoms with E-state index in [0.717, 1.165) is 23.6 Å². The van der Waals surface area contributed by atoms with Crippen LogP contribution in [0.5, 0.6) is 0 Å². The maximum atomic E-state index is 5.94. The van der Waals surface area contributed by atoms with Crippen molar-refractivity contribution in [2.75, 3.05) is 19.8 Å². The molecule has 2 rings (SSSR count). The van der Waals surface area contributed by atoms with Gasteiger partial charge in [0, 0.05) is 20.5 Å². The van der Waals surface area contributed by atoms with Gasteiger partial charge in [0.25, 0.3) is 0 Å². The van der Waals surface area contributed by atoms with E-state index in [1.165, 1.54) is 9.77 Å². The molecule has 1 nitrogen and oxygen atoms in total. The van der Waals surface area contributed by atoms with Crippen LogP contribution < -0.4 is 0 Å². The molecule has 0 aliphatic carbocycles. The molecule has 0 amide bonds. The third kappa shape index (κ3) is 4.04. The molecule has 1 aromatic heterocycles. The molecule has 0 radical (unpaired) electrons. The minimum atomic E-state index is 0.146. The second-order valence-electron chi connectivity index (χ2n) is 5.31. The molecule has 1 unspecified atom stereocenters. The molecule has 2 aromatic rings. The van der Waals surface area contributed by atoms with Gasteiger partial charge in [0.2, 0.25) is 0 Å². The lowest BCUT2D eigenvalue weighted by molar-refractivity contribution is 0.144. The summed E-state index contributed by atoms with van der Waals surface area (Å²) in [6, 6.07) is 12.5. The number of thiophene rings is 1. The van der Waals surface area contributed by atoms with Gasteiger partial charge in [-0.3, -0.25) is 4.90 Å². The van der Waals surface area contributed by atoms with E-state index < -0.39 is 0 Å². The molecule has 0 aliphatic heterocycles. The molecule has 1 aromatic carbocycles. The standard InChI is InChI=1S/C17H22ClNS2/c1-4-17(19(2)3,16-6-5-12-21-16)11-13-20-15-9-7-14(18)8-10-15/h5-10,12H,4,11,13H2,1-3H3. The summed E-state index contributed by atoms with van der Waals surface area (Å²) in [5.41, 5.74) is 0.146. The summed E-state index contributed by atoms with van der Waals surface area (Å²) in [7, 11) is 4.38. The van der Waals surface area contributed by atoms with Crippen molar-refractivity contribution in [2.45, 2.75) is 30.2 Å². The van der Waals surface area contributed by atoms with E-state index in [2.05, 4.69) is 55.6 Å². The van der Waals surface area contributed by atoms with Gasteiger partial charge in [-0.05, 0) is 62.6 Å². The second kappa shape index (κ2) is 7.68. The Labute approximate surface area is 141 Å². The summed E-state index contributed by atoms with van der Waals surface area (Å²) in [6.45, 7) is 2.28. The molecule has 0 bridgehead atoms. The molecule has 21 heavy (non-hydrogen) atoms. The van der Waals surface area contributed by atoms with Gasteiger partial charge in [0.15, 0.2) is 0 Å².